The number of hydrogen-bond acceptors (Lipinski definition) is 5. The number of carbonyl (C=O) groups is 1. The number of ether oxygens (including phenoxy) is 1. The molecule has 1 aliphatic carbocycles. The van der Waals surface area contributed by atoms with Crippen LogP contribution in [-0.4, -0.2) is 43.1 Å². The van der Waals surface area contributed by atoms with Crippen LogP contribution >= 0.6 is 0 Å². The normalized spacial score (nSPS) is 21.7. The lowest BCUT2D eigenvalue weighted by Gasteiger charge is -2.36. The molecule has 3 aromatic carbocycles. The maximum absolute atomic E-state index is 12.7. The lowest BCUT2D eigenvalue weighted by molar-refractivity contribution is -0.147. The van der Waals surface area contributed by atoms with Gasteiger partial charge < -0.3 is 9.84 Å². The highest BCUT2D eigenvalue weighted by Crippen LogP contribution is 2.47. The maximum Gasteiger partial charge on any atom is 0.310 e. The van der Waals surface area contributed by atoms with Gasteiger partial charge in [-0.1, -0.05) is 54.6 Å². The zero-order valence-corrected chi connectivity index (χ0v) is 24.9. The third kappa shape index (κ3) is 4.60. The van der Waals surface area contributed by atoms with Crippen LogP contribution < -0.4 is 4.74 Å². The van der Waals surface area contributed by atoms with Crippen LogP contribution in [0.5, 0.6) is 5.75 Å². The number of fused-ring (bicyclic) bond motifs is 3. The molecule has 7 nitrogen and oxygen atoms in total. The molecule has 0 radical (unpaired) electrons. The van der Waals surface area contributed by atoms with Gasteiger partial charge in [0.25, 0.3) is 0 Å². The first-order valence-corrected chi connectivity index (χ1v) is 14.7. The summed E-state index contributed by atoms with van der Waals surface area (Å²) in [6, 6.07) is 19.4. The first-order chi connectivity index (χ1) is 19.5. The summed E-state index contributed by atoms with van der Waals surface area (Å²) in [5.41, 5.74) is 7.29. The molecule has 0 fully saturated rings. The highest BCUT2D eigenvalue weighted by molar-refractivity contribution is 5.81. The van der Waals surface area contributed by atoms with E-state index in [9.17, 15) is 9.90 Å². The number of benzene rings is 3. The summed E-state index contributed by atoms with van der Waals surface area (Å²) in [7, 11) is 1.88. The second-order valence-corrected chi connectivity index (χ2v) is 12.8. The SMILES string of the molecule is CC[C@]1(C)CN(C2CCc3ccc(C(c4ccc5c(nnn5C)c4C)C(C)(C)C(=O)O)cc32)Cc2ccccc2O1. The number of aromatic nitrogens is 3. The van der Waals surface area contributed by atoms with Gasteiger partial charge in [0.15, 0.2) is 0 Å². The minimum Gasteiger partial charge on any atom is -0.486 e. The highest BCUT2D eigenvalue weighted by Gasteiger charge is 2.42. The van der Waals surface area contributed by atoms with E-state index < -0.39 is 11.4 Å². The van der Waals surface area contributed by atoms with E-state index in [1.807, 2.05) is 40.0 Å². The van der Waals surface area contributed by atoms with Gasteiger partial charge in [-0.2, -0.15) is 0 Å². The number of aliphatic carboxylic acids is 1. The summed E-state index contributed by atoms with van der Waals surface area (Å²) in [6.45, 7) is 11.8. The van der Waals surface area contributed by atoms with Crippen LogP contribution in [0.25, 0.3) is 11.0 Å². The number of aryl methyl sites for hydroxylation is 3. The number of carboxylic acid groups (broad SMARTS) is 1. The van der Waals surface area contributed by atoms with Crippen LogP contribution in [-0.2, 0) is 24.8 Å². The molecular weight excluding hydrogens is 512 g/mol. The fraction of sp³-hybridized carbons (Fsp3) is 0.441. The van der Waals surface area contributed by atoms with Crippen molar-refractivity contribution in [3.63, 3.8) is 0 Å². The Morgan fingerprint density at radius 2 is 1.95 bits per heavy atom. The van der Waals surface area contributed by atoms with Gasteiger partial charge in [-0.3, -0.25) is 9.69 Å². The molecule has 1 N–H and O–H groups in total. The second-order valence-electron chi connectivity index (χ2n) is 12.8. The van der Waals surface area contributed by atoms with Gasteiger partial charge in [-0.25, -0.2) is 4.68 Å². The largest absolute Gasteiger partial charge is 0.486 e. The van der Waals surface area contributed by atoms with Crippen LogP contribution in [0.3, 0.4) is 0 Å². The Balaban J connectivity index is 1.45. The summed E-state index contributed by atoms with van der Waals surface area (Å²) >= 11 is 0. The van der Waals surface area contributed by atoms with Crippen LogP contribution in [0.15, 0.2) is 54.6 Å². The maximum atomic E-state index is 12.7. The molecule has 0 saturated heterocycles. The molecule has 0 amide bonds. The van der Waals surface area contributed by atoms with Gasteiger partial charge in [0.1, 0.15) is 16.9 Å². The topological polar surface area (TPSA) is 80.5 Å². The first-order valence-electron chi connectivity index (χ1n) is 14.7. The fourth-order valence-corrected chi connectivity index (χ4v) is 6.97. The quantitative estimate of drug-likeness (QED) is 0.291. The standard InChI is InChI=1S/C34H40N4O3/c1-7-34(5)20-38(19-24-10-8-9-11-29(24)41-34)27-16-14-22-12-13-23(18-26(22)27)30(33(3,4)32(39)40)25-15-17-28-31(21(25)2)35-36-37(28)6/h8-13,15,17-18,27,30H,7,14,16,19-20H2,1-6H3,(H,39,40)/t27?,30?,34-/m1/s1. The van der Waals surface area contributed by atoms with Crippen LogP contribution in [0.4, 0.5) is 0 Å². The van der Waals surface area contributed by atoms with E-state index in [1.54, 1.807) is 4.68 Å². The molecule has 3 atom stereocenters. The smallest absolute Gasteiger partial charge is 0.310 e. The van der Waals surface area contributed by atoms with E-state index in [0.717, 1.165) is 65.8 Å². The van der Waals surface area contributed by atoms with Crippen LogP contribution in [0.2, 0.25) is 0 Å². The Morgan fingerprint density at radius 3 is 2.71 bits per heavy atom. The average Bonchev–Trinajstić information content (AvgIpc) is 3.50. The lowest BCUT2D eigenvalue weighted by atomic mass is 9.69. The number of carboxylic acids is 1. The third-order valence-electron chi connectivity index (χ3n) is 9.64. The van der Waals surface area contributed by atoms with Crippen molar-refractivity contribution < 1.29 is 14.6 Å². The molecule has 6 rings (SSSR count). The molecule has 0 bridgehead atoms. The predicted molar refractivity (Wildman–Crippen MR) is 160 cm³/mol. The van der Waals surface area contributed by atoms with Crippen molar-refractivity contribution in [1.29, 1.82) is 0 Å². The molecule has 214 valence electrons. The van der Waals surface area contributed by atoms with E-state index in [2.05, 4.69) is 71.5 Å². The van der Waals surface area contributed by atoms with Crippen molar-refractivity contribution in [2.45, 2.75) is 78.0 Å². The molecule has 0 spiro atoms. The Kier molecular flexibility index (Phi) is 6.68. The van der Waals surface area contributed by atoms with Crippen molar-refractivity contribution in [2.24, 2.45) is 12.5 Å². The molecule has 0 saturated carbocycles. The molecule has 41 heavy (non-hydrogen) atoms. The minimum atomic E-state index is -1.04. The summed E-state index contributed by atoms with van der Waals surface area (Å²) in [4.78, 5) is 15.3. The van der Waals surface area contributed by atoms with Gasteiger partial charge in [-0.15, -0.1) is 5.10 Å². The molecule has 2 aliphatic rings. The highest BCUT2D eigenvalue weighted by atomic mass is 16.5. The van der Waals surface area contributed by atoms with Gasteiger partial charge >= 0.3 is 5.97 Å². The zero-order chi connectivity index (χ0) is 29.1. The summed E-state index contributed by atoms with van der Waals surface area (Å²) in [6.07, 6.45) is 2.97. The Labute approximate surface area is 242 Å². The Morgan fingerprint density at radius 1 is 1.17 bits per heavy atom. The van der Waals surface area contributed by atoms with E-state index in [0.29, 0.717) is 0 Å². The fourth-order valence-electron chi connectivity index (χ4n) is 6.97. The van der Waals surface area contributed by atoms with Crippen LogP contribution in [0, 0.1) is 12.3 Å². The number of hydrogen-bond donors (Lipinski definition) is 1. The lowest BCUT2D eigenvalue weighted by Crippen LogP contribution is -2.43. The molecule has 1 aliphatic heterocycles. The number of rotatable bonds is 6. The molecular formula is C34H40N4O3. The Hall–Kier alpha value is -3.71. The first kappa shape index (κ1) is 27.5. The van der Waals surface area contributed by atoms with Crippen molar-refractivity contribution >= 4 is 17.0 Å². The van der Waals surface area contributed by atoms with Gasteiger partial charge in [0.05, 0.1) is 10.9 Å². The molecule has 1 aromatic heterocycles. The van der Waals surface area contributed by atoms with E-state index in [1.165, 1.54) is 16.7 Å². The second kappa shape index (κ2) is 9.98. The van der Waals surface area contributed by atoms with E-state index >= 15 is 0 Å². The van der Waals surface area contributed by atoms with Gasteiger partial charge in [0, 0.05) is 37.7 Å². The summed E-state index contributed by atoms with van der Waals surface area (Å²) in [5.74, 6) is -0.199. The summed E-state index contributed by atoms with van der Waals surface area (Å²) < 4.78 is 8.35. The molecule has 2 unspecified atom stereocenters. The molecule has 2 heterocycles. The predicted octanol–water partition coefficient (Wildman–Crippen LogP) is 6.57. The monoisotopic (exact) mass is 552 g/mol. The van der Waals surface area contributed by atoms with Crippen LogP contribution in [0.1, 0.15) is 85.9 Å². The average molecular weight is 553 g/mol. The third-order valence-corrected chi connectivity index (χ3v) is 9.64. The number of nitrogens with zero attached hydrogens (tertiary/aromatic N) is 4. The van der Waals surface area contributed by atoms with Gasteiger partial charge in [-0.05, 0) is 86.9 Å². The Bertz CT molecular complexity index is 1640. The van der Waals surface area contributed by atoms with Crippen molar-refractivity contribution in [2.75, 3.05) is 6.54 Å². The van der Waals surface area contributed by atoms with E-state index in [4.69, 9.17) is 4.74 Å². The zero-order valence-electron chi connectivity index (χ0n) is 24.9. The van der Waals surface area contributed by atoms with Crippen molar-refractivity contribution in [1.82, 2.24) is 19.9 Å². The van der Waals surface area contributed by atoms with Gasteiger partial charge in [0.2, 0.25) is 0 Å². The minimum absolute atomic E-state index is 0.239. The van der Waals surface area contributed by atoms with E-state index in [-0.39, 0.29) is 17.6 Å². The molecule has 7 heteroatoms. The van der Waals surface area contributed by atoms with Crippen molar-refractivity contribution in [3.05, 3.63) is 88.0 Å². The summed E-state index contributed by atoms with van der Waals surface area (Å²) in [5, 5.41) is 19.1. The number of para-hydroxylation sites is 1. The van der Waals surface area contributed by atoms with Crippen molar-refractivity contribution in [3.8, 4) is 5.75 Å². The molecule has 4 aromatic rings.